The fourth-order valence-corrected chi connectivity index (χ4v) is 7.65. The largest absolute Gasteiger partial charge is 0.445 e. The van der Waals surface area contributed by atoms with Crippen LogP contribution in [0.3, 0.4) is 0 Å². The molecular weight excluding hydrogens is 735 g/mol. The third-order valence-corrected chi connectivity index (χ3v) is 11.2. The number of aliphatic hydroxyl groups is 3. The van der Waals surface area contributed by atoms with Gasteiger partial charge in [-0.2, -0.15) is 0 Å². The number of nitrogens with one attached hydrogen (secondary N) is 2. The van der Waals surface area contributed by atoms with Crippen molar-refractivity contribution in [3.63, 3.8) is 0 Å². The van der Waals surface area contributed by atoms with E-state index in [9.17, 15) is 29.7 Å². The van der Waals surface area contributed by atoms with Gasteiger partial charge < -0.3 is 40.3 Å². The van der Waals surface area contributed by atoms with E-state index in [4.69, 9.17) is 9.47 Å². The molecule has 0 radical (unpaired) electrons. The summed E-state index contributed by atoms with van der Waals surface area (Å²) < 4.78 is 11.7. The van der Waals surface area contributed by atoms with Gasteiger partial charge in [-0.25, -0.2) is 4.79 Å². The zero-order valence-corrected chi connectivity index (χ0v) is 35.5. The molecule has 0 saturated carbocycles. The molecule has 2 aromatic carbocycles. The molecule has 1 saturated heterocycles. The molecule has 1 aliphatic heterocycles. The van der Waals surface area contributed by atoms with Crippen LogP contribution in [0.15, 0.2) is 60.7 Å². The van der Waals surface area contributed by atoms with Crippen LogP contribution in [0.4, 0.5) is 4.79 Å². The van der Waals surface area contributed by atoms with Gasteiger partial charge in [-0.1, -0.05) is 184 Å². The summed E-state index contributed by atoms with van der Waals surface area (Å²) in [5.41, 5.74) is 1.57. The molecule has 11 nitrogen and oxygen atoms in total. The molecule has 58 heavy (non-hydrogen) atoms. The molecule has 6 atom stereocenters. The van der Waals surface area contributed by atoms with Gasteiger partial charge in [-0.05, 0) is 24.0 Å². The molecule has 3 amide bonds. The second-order valence-corrected chi connectivity index (χ2v) is 16.1. The summed E-state index contributed by atoms with van der Waals surface area (Å²) in [7, 11) is 0. The fraction of sp³-hybridized carbons (Fsp3) is 0.681. The summed E-state index contributed by atoms with van der Waals surface area (Å²) in [4.78, 5) is 43.0. The lowest BCUT2D eigenvalue weighted by molar-refractivity contribution is -0.231. The van der Waals surface area contributed by atoms with E-state index in [-0.39, 0.29) is 25.4 Å². The highest BCUT2D eigenvalue weighted by Gasteiger charge is 2.48. The minimum Gasteiger partial charge on any atom is -0.445 e. The molecule has 1 heterocycles. The predicted octanol–water partition coefficient (Wildman–Crippen LogP) is 8.12. The molecule has 0 bridgehead atoms. The summed E-state index contributed by atoms with van der Waals surface area (Å²) >= 11 is 0. The number of carbonyl (C=O) groups excluding carboxylic acids is 3. The zero-order valence-electron chi connectivity index (χ0n) is 35.5. The van der Waals surface area contributed by atoms with Crippen molar-refractivity contribution < 1.29 is 39.2 Å². The Morgan fingerprint density at radius 1 is 0.690 bits per heavy atom. The average Bonchev–Trinajstić information content (AvgIpc) is 3.24. The van der Waals surface area contributed by atoms with E-state index in [1.807, 2.05) is 60.7 Å². The Bertz CT molecular complexity index is 1380. The number of aliphatic hydroxyl groups excluding tert-OH is 3. The molecule has 11 heteroatoms. The van der Waals surface area contributed by atoms with Gasteiger partial charge in [0.05, 0.1) is 6.61 Å². The van der Waals surface area contributed by atoms with Crippen LogP contribution in [-0.2, 0) is 32.1 Å². The van der Waals surface area contributed by atoms with Gasteiger partial charge in [0.25, 0.3) is 0 Å². The minimum absolute atomic E-state index is 0.00727. The number of rotatable bonds is 30. The number of nitrogens with zero attached hydrogens (tertiary/aromatic N) is 1. The van der Waals surface area contributed by atoms with Crippen LogP contribution < -0.4 is 10.6 Å². The maximum Gasteiger partial charge on any atom is 0.408 e. The molecule has 0 unspecified atom stereocenters. The van der Waals surface area contributed by atoms with Gasteiger partial charge in [-0.3, -0.25) is 9.59 Å². The first-order valence-electron chi connectivity index (χ1n) is 22.5. The van der Waals surface area contributed by atoms with Gasteiger partial charge in [0.15, 0.2) is 6.23 Å². The number of amides is 3. The van der Waals surface area contributed by atoms with Gasteiger partial charge in [0.2, 0.25) is 11.8 Å². The molecule has 3 rings (SSSR count). The lowest BCUT2D eigenvalue weighted by atomic mass is 9.94. The van der Waals surface area contributed by atoms with Crippen molar-refractivity contribution in [3.05, 3.63) is 71.8 Å². The van der Waals surface area contributed by atoms with Gasteiger partial charge >= 0.3 is 6.09 Å². The lowest BCUT2D eigenvalue weighted by Crippen LogP contribution is -2.70. The van der Waals surface area contributed by atoms with E-state index >= 15 is 0 Å². The highest BCUT2D eigenvalue weighted by atomic mass is 16.6. The Labute approximate surface area is 348 Å². The summed E-state index contributed by atoms with van der Waals surface area (Å²) in [6.45, 7) is 4.19. The summed E-state index contributed by atoms with van der Waals surface area (Å²) in [6.07, 6.45) is 15.4. The molecule has 0 aliphatic carbocycles. The van der Waals surface area contributed by atoms with Crippen LogP contribution in [0.2, 0.25) is 0 Å². The SMILES string of the molecule is CCCCCCCCCCCCN(C(=O)CCCCCCCCCCC)[C@@H]1O[C@H](CO)[C@@H](O)[C@H](O)[C@H]1NC(=O)[C@H](Cc1ccccc1)NC(=O)OCc1ccccc1. The number of ether oxygens (including phenoxy) is 2. The van der Waals surface area contributed by atoms with E-state index in [1.54, 1.807) is 4.90 Å². The Morgan fingerprint density at radius 2 is 1.19 bits per heavy atom. The molecular formula is C47H75N3O8. The Hall–Kier alpha value is -3.51. The second-order valence-electron chi connectivity index (χ2n) is 16.1. The molecule has 5 N–H and O–H groups in total. The summed E-state index contributed by atoms with van der Waals surface area (Å²) in [5.74, 6) is -0.801. The third-order valence-electron chi connectivity index (χ3n) is 11.2. The first kappa shape index (κ1) is 48.9. The topological polar surface area (TPSA) is 158 Å². The lowest BCUT2D eigenvalue weighted by Gasteiger charge is -2.47. The van der Waals surface area contributed by atoms with Crippen molar-refractivity contribution in [2.75, 3.05) is 13.2 Å². The fourth-order valence-electron chi connectivity index (χ4n) is 7.65. The molecule has 326 valence electrons. The monoisotopic (exact) mass is 810 g/mol. The molecule has 1 aliphatic rings. The van der Waals surface area contributed by atoms with Crippen molar-refractivity contribution in [2.45, 2.75) is 192 Å². The zero-order chi connectivity index (χ0) is 41.8. The predicted molar refractivity (Wildman–Crippen MR) is 229 cm³/mol. The Morgan fingerprint density at radius 3 is 1.72 bits per heavy atom. The number of alkyl carbamates (subject to hydrolysis) is 1. The van der Waals surface area contributed by atoms with Crippen LogP contribution in [0.5, 0.6) is 0 Å². The average molecular weight is 810 g/mol. The third kappa shape index (κ3) is 18.6. The van der Waals surface area contributed by atoms with Gasteiger partial charge in [0.1, 0.15) is 37.0 Å². The van der Waals surface area contributed by atoms with Crippen LogP contribution >= 0.6 is 0 Å². The minimum atomic E-state index is -1.57. The van der Waals surface area contributed by atoms with Crippen molar-refractivity contribution in [3.8, 4) is 0 Å². The second kappa shape index (κ2) is 29.7. The van der Waals surface area contributed by atoms with Crippen molar-refractivity contribution >= 4 is 17.9 Å². The standard InChI is InChI=1S/C47H75N3O8/c1-3-5-7-9-11-13-15-17-19-27-33-50(41(52)32-26-18-16-14-12-10-8-6-4-2)46-42(44(54)43(53)40(35-51)58-46)49-45(55)39(34-37-28-22-20-23-29-37)48-47(56)57-36-38-30-24-21-25-31-38/h20-25,28-31,39-40,42-44,46,51,53-54H,3-19,26-27,32-36H2,1-2H3,(H,48,56)(H,49,55)/t39-,40+,42+,43+,44+,46+/m0/s1. The van der Waals surface area contributed by atoms with E-state index in [2.05, 4.69) is 24.5 Å². The van der Waals surface area contributed by atoms with Crippen LogP contribution in [0.25, 0.3) is 0 Å². The number of unbranched alkanes of at least 4 members (excludes halogenated alkanes) is 17. The molecule has 2 aromatic rings. The molecule has 0 aromatic heterocycles. The van der Waals surface area contributed by atoms with Crippen molar-refractivity contribution in [2.24, 2.45) is 0 Å². The number of benzene rings is 2. The highest BCUT2D eigenvalue weighted by molar-refractivity contribution is 5.86. The van der Waals surface area contributed by atoms with Gasteiger partial charge in [0, 0.05) is 19.4 Å². The Balaban J connectivity index is 1.76. The first-order chi connectivity index (χ1) is 28.3. The maximum atomic E-state index is 14.2. The Kier molecular flexibility index (Phi) is 25.0. The number of carbonyl (C=O) groups is 3. The van der Waals surface area contributed by atoms with E-state index in [1.165, 1.54) is 70.6 Å². The van der Waals surface area contributed by atoms with Crippen LogP contribution in [-0.4, -0.2) is 87.9 Å². The number of hydrogen-bond donors (Lipinski definition) is 5. The number of hydrogen-bond acceptors (Lipinski definition) is 8. The van der Waals surface area contributed by atoms with Crippen LogP contribution in [0.1, 0.15) is 153 Å². The highest BCUT2D eigenvalue weighted by Crippen LogP contribution is 2.26. The summed E-state index contributed by atoms with van der Waals surface area (Å²) in [6, 6.07) is 16.0. The van der Waals surface area contributed by atoms with Crippen LogP contribution in [0, 0.1) is 0 Å². The maximum absolute atomic E-state index is 14.2. The van der Waals surface area contributed by atoms with E-state index in [0.29, 0.717) is 19.4 Å². The quantitative estimate of drug-likeness (QED) is 0.0496. The first-order valence-corrected chi connectivity index (χ1v) is 22.5. The van der Waals surface area contributed by atoms with Gasteiger partial charge in [-0.15, -0.1) is 0 Å². The van der Waals surface area contributed by atoms with E-state index < -0.39 is 55.2 Å². The smallest absolute Gasteiger partial charge is 0.408 e. The molecule has 0 spiro atoms. The van der Waals surface area contributed by atoms with E-state index in [0.717, 1.165) is 49.7 Å². The summed E-state index contributed by atoms with van der Waals surface area (Å²) in [5, 5.41) is 38.3. The van der Waals surface area contributed by atoms with Crippen molar-refractivity contribution in [1.29, 1.82) is 0 Å². The van der Waals surface area contributed by atoms with Crippen molar-refractivity contribution in [1.82, 2.24) is 15.5 Å². The normalized spacial score (nSPS) is 19.6. The molecule has 1 fully saturated rings.